The van der Waals surface area contributed by atoms with Crippen LogP contribution in [-0.4, -0.2) is 34.6 Å². The molecule has 0 spiro atoms. The molecule has 1 aliphatic rings. The Hall–Kier alpha value is -0.490. The highest BCUT2D eigenvalue weighted by molar-refractivity contribution is 9.10. The average molecular weight is 290 g/mol. The Morgan fingerprint density at radius 1 is 1.73 bits per heavy atom. The Morgan fingerprint density at radius 3 is 3.20 bits per heavy atom. The van der Waals surface area contributed by atoms with E-state index < -0.39 is 0 Å². The minimum absolute atomic E-state index is 0.127. The molecule has 1 aromatic rings. The zero-order valence-corrected chi connectivity index (χ0v) is 10.8. The molecule has 0 radical (unpaired) electrons. The molecule has 4 nitrogen and oxygen atoms in total. The molecule has 0 bridgehead atoms. The predicted octanol–water partition coefficient (Wildman–Crippen LogP) is 1.47. The number of H-pyrrole nitrogens is 1. The molecule has 0 aromatic carbocycles. The highest BCUT2D eigenvalue weighted by Gasteiger charge is 2.23. The van der Waals surface area contributed by atoms with Crippen molar-refractivity contribution in [2.75, 3.05) is 23.5 Å². The normalized spacial score (nSPS) is 20.5. The fraction of sp³-hybridized carbons (Fsp3) is 0.556. The summed E-state index contributed by atoms with van der Waals surface area (Å²) in [4.78, 5) is 20.2. The lowest BCUT2D eigenvalue weighted by molar-refractivity contribution is 0.688. The molecule has 1 aromatic heterocycles. The standard InChI is InChI=1S/C9H12BrN3OS/c1-13(6-2-3-15-4-6)8-7(10)9(14)12-5-11-8/h5-6H,2-4H2,1H3,(H,11,12,14). The van der Waals surface area contributed by atoms with Crippen LogP contribution < -0.4 is 10.5 Å². The van der Waals surface area contributed by atoms with E-state index in [1.165, 1.54) is 12.1 Å². The molecule has 1 fully saturated rings. The van der Waals surface area contributed by atoms with E-state index in [0.717, 1.165) is 18.0 Å². The quantitative estimate of drug-likeness (QED) is 0.896. The summed E-state index contributed by atoms with van der Waals surface area (Å²) in [5.74, 6) is 3.03. The summed E-state index contributed by atoms with van der Waals surface area (Å²) >= 11 is 5.22. The van der Waals surface area contributed by atoms with E-state index in [-0.39, 0.29) is 5.56 Å². The van der Waals surface area contributed by atoms with Crippen molar-refractivity contribution < 1.29 is 0 Å². The molecular formula is C9H12BrN3OS. The van der Waals surface area contributed by atoms with Crippen molar-refractivity contribution in [1.29, 1.82) is 0 Å². The van der Waals surface area contributed by atoms with E-state index >= 15 is 0 Å². The third-order valence-electron chi connectivity index (χ3n) is 2.57. The van der Waals surface area contributed by atoms with Gasteiger partial charge >= 0.3 is 0 Å². The first-order valence-electron chi connectivity index (χ1n) is 4.74. The summed E-state index contributed by atoms with van der Waals surface area (Å²) in [6, 6.07) is 0.487. The van der Waals surface area contributed by atoms with Gasteiger partial charge in [0, 0.05) is 18.8 Å². The highest BCUT2D eigenvalue weighted by Crippen LogP contribution is 2.27. The van der Waals surface area contributed by atoms with Gasteiger partial charge in [-0.1, -0.05) is 0 Å². The second-order valence-electron chi connectivity index (χ2n) is 3.50. The van der Waals surface area contributed by atoms with Crippen molar-refractivity contribution in [3.63, 3.8) is 0 Å². The number of hydrogen-bond acceptors (Lipinski definition) is 4. The molecule has 15 heavy (non-hydrogen) atoms. The van der Waals surface area contributed by atoms with E-state index in [9.17, 15) is 4.79 Å². The van der Waals surface area contributed by atoms with Gasteiger partial charge in [-0.3, -0.25) is 4.79 Å². The van der Waals surface area contributed by atoms with Gasteiger partial charge in [0.1, 0.15) is 10.3 Å². The summed E-state index contributed by atoms with van der Waals surface area (Å²) in [6.07, 6.45) is 2.60. The van der Waals surface area contributed by atoms with Crippen molar-refractivity contribution in [3.8, 4) is 0 Å². The summed E-state index contributed by atoms with van der Waals surface area (Å²) in [5.41, 5.74) is -0.127. The fourth-order valence-corrected chi connectivity index (χ4v) is 3.38. The number of hydrogen-bond donors (Lipinski definition) is 1. The fourth-order valence-electron chi connectivity index (χ4n) is 1.62. The van der Waals surface area contributed by atoms with Crippen molar-refractivity contribution in [2.45, 2.75) is 12.5 Å². The van der Waals surface area contributed by atoms with Gasteiger partial charge in [0.05, 0.1) is 6.33 Å². The van der Waals surface area contributed by atoms with Gasteiger partial charge in [-0.2, -0.15) is 11.8 Å². The van der Waals surface area contributed by atoms with Gasteiger partial charge in [-0.05, 0) is 28.1 Å². The predicted molar refractivity (Wildman–Crippen MR) is 66.7 cm³/mol. The lowest BCUT2D eigenvalue weighted by Gasteiger charge is -2.25. The molecule has 0 amide bonds. The van der Waals surface area contributed by atoms with Crippen LogP contribution in [0.25, 0.3) is 0 Å². The molecule has 1 aliphatic heterocycles. The highest BCUT2D eigenvalue weighted by atomic mass is 79.9. The van der Waals surface area contributed by atoms with Crippen LogP contribution in [-0.2, 0) is 0 Å². The van der Waals surface area contributed by atoms with Crippen LogP contribution >= 0.6 is 27.7 Å². The first kappa shape index (κ1) is 11.0. The monoisotopic (exact) mass is 289 g/mol. The van der Waals surface area contributed by atoms with E-state index in [4.69, 9.17) is 0 Å². The first-order chi connectivity index (χ1) is 7.20. The number of anilines is 1. The molecule has 2 rings (SSSR count). The maximum Gasteiger partial charge on any atom is 0.267 e. The number of nitrogens with one attached hydrogen (secondary N) is 1. The molecule has 0 saturated carbocycles. The Balaban J connectivity index is 2.28. The van der Waals surface area contributed by atoms with Gasteiger partial charge in [0.2, 0.25) is 0 Å². The average Bonchev–Trinajstić information content (AvgIpc) is 2.74. The summed E-state index contributed by atoms with van der Waals surface area (Å²) in [5, 5.41) is 0. The summed E-state index contributed by atoms with van der Waals surface area (Å²) < 4.78 is 0.518. The lowest BCUT2D eigenvalue weighted by atomic mass is 10.2. The zero-order chi connectivity index (χ0) is 10.8. The first-order valence-corrected chi connectivity index (χ1v) is 6.68. The zero-order valence-electron chi connectivity index (χ0n) is 8.36. The van der Waals surface area contributed by atoms with Crippen LogP contribution in [0.15, 0.2) is 15.6 Å². The van der Waals surface area contributed by atoms with Gasteiger partial charge in [0.15, 0.2) is 0 Å². The van der Waals surface area contributed by atoms with Crippen molar-refractivity contribution >= 4 is 33.5 Å². The van der Waals surface area contributed by atoms with Gasteiger partial charge in [0.25, 0.3) is 5.56 Å². The van der Waals surface area contributed by atoms with Crippen LogP contribution in [0.1, 0.15) is 6.42 Å². The van der Waals surface area contributed by atoms with Gasteiger partial charge in [-0.25, -0.2) is 4.98 Å². The number of thioether (sulfide) groups is 1. The minimum Gasteiger partial charge on any atom is -0.355 e. The van der Waals surface area contributed by atoms with Crippen molar-refractivity contribution in [2.24, 2.45) is 0 Å². The number of aromatic nitrogens is 2. The molecule has 1 N–H and O–H groups in total. The maximum atomic E-state index is 11.4. The van der Waals surface area contributed by atoms with Crippen LogP contribution in [0.5, 0.6) is 0 Å². The van der Waals surface area contributed by atoms with Crippen molar-refractivity contribution in [3.05, 3.63) is 21.2 Å². The Labute approximate surface area is 101 Å². The molecule has 2 heterocycles. The largest absolute Gasteiger partial charge is 0.355 e. The Kier molecular flexibility index (Phi) is 3.35. The molecule has 1 unspecified atom stereocenters. The number of aromatic amines is 1. The molecule has 1 saturated heterocycles. The number of rotatable bonds is 2. The van der Waals surface area contributed by atoms with Crippen LogP contribution in [0.2, 0.25) is 0 Å². The van der Waals surface area contributed by atoms with Gasteiger partial charge < -0.3 is 9.88 Å². The number of halogens is 1. The third kappa shape index (κ3) is 2.20. The Morgan fingerprint density at radius 2 is 2.53 bits per heavy atom. The van der Waals surface area contributed by atoms with E-state index in [1.54, 1.807) is 0 Å². The van der Waals surface area contributed by atoms with Crippen LogP contribution in [0.4, 0.5) is 5.82 Å². The second-order valence-corrected chi connectivity index (χ2v) is 5.44. The summed E-state index contributed by atoms with van der Waals surface area (Å²) in [7, 11) is 1.99. The lowest BCUT2D eigenvalue weighted by Crippen LogP contribution is -2.33. The van der Waals surface area contributed by atoms with Gasteiger partial charge in [-0.15, -0.1) is 0 Å². The second kappa shape index (κ2) is 4.57. The van der Waals surface area contributed by atoms with E-state index in [2.05, 4.69) is 30.8 Å². The van der Waals surface area contributed by atoms with Crippen LogP contribution in [0, 0.1) is 0 Å². The smallest absolute Gasteiger partial charge is 0.267 e. The SMILES string of the molecule is CN(c1nc[nH]c(=O)c1Br)C1CCSC1. The number of nitrogens with zero attached hydrogens (tertiary/aromatic N) is 2. The third-order valence-corrected chi connectivity index (χ3v) is 4.43. The topological polar surface area (TPSA) is 49.0 Å². The molecular weight excluding hydrogens is 278 g/mol. The molecule has 1 atom stereocenters. The van der Waals surface area contributed by atoms with E-state index in [0.29, 0.717) is 10.5 Å². The van der Waals surface area contributed by atoms with Crippen molar-refractivity contribution in [1.82, 2.24) is 9.97 Å². The molecule has 0 aliphatic carbocycles. The summed E-state index contributed by atoms with van der Waals surface area (Å²) in [6.45, 7) is 0. The Bertz CT molecular complexity index is 403. The molecule has 82 valence electrons. The molecule has 6 heteroatoms. The maximum absolute atomic E-state index is 11.4. The minimum atomic E-state index is -0.127. The van der Waals surface area contributed by atoms with E-state index in [1.807, 2.05) is 18.8 Å². The van der Waals surface area contributed by atoms with Crippen LogP contribution in [0.3, 0.4) is 0 Å².